The zero-order valence-corrected chi connectivity index (χ0v) is 19.6. The summed E-state index contributed by atoms with van der Waals surface area (Å²) in [6, 6.07) is 7.59. The molecule has 1 saturated heterocycles. The third kappa shape index (κ3) is 4.91. The van der Waals surface area contributed by atoms with Gasteiger partial charge in [-0.15, -0.1) is 0 Å². The molecule has 7 nitrogen and oxygen atoms in total. The topological polar surface area (TPSA) is 81.0 Å². The predicted molar refractivity (Wildman–Crippen MR) is 121 cm³/mol. The number of aromatic nitrogens is 1. The molecule has 1 amide bonds. The molecule has 0 unspecified atom stereocenters. The van der Waals surface area contributed by atoms with Crippen molar-refractivity contribution in [1.82, 2.24) is 8.87 Å². The molecule has 0 saturated carbocycles. The summed E-state index contributed by atoms with van der Waals surface area (Å²) in [6.45, 7) is 1.44. The van der Waals surface area contributed by atoms with Gasteiger partial charge in [0.25, 0.3) is 5.91 Å². The molecule has 11 heteroatoms. The quantitative estimate of drug-likeness (QED) is 0.524. The highest BCUT2D eigenvalue weighted by Crippen LogP contribution is 2.23. The van der Waals surface area contributed by atoms with Crippen LogP contribution in [0.2, 0.25) is 0 Å². The van der Waals surface area contributed by atoms with Gasteiger partial charge in [-0.25, -0.2) is 17.2 Å². The van der Waals surface area contributed by atoms with Crippen molar-refractivity contribution in [2.75, 3.05) is 26.8 Å². The Bertz CT molecular complexity index is 1340. The number of amides is 1. The van der Waals surface area contributed by atoms with Gasteiger partial charge in [0.05, 0.1) is 21.7 Å². The lowest BCUT2D eigenvalue weighted by Gasteiger charge is -2.25. The summed E-state index contributed by atoms with van der Waals surface area (Å²) < 4.78 is 62.0. The lowest BCUT2D eigenvalue weighted by atomic mass is 10.2. The molecule has 4 rings (SSSR count). The molecule has 176 valence electrons. The Morgan fingerprint density at radius 1 is 1.12 bits per heavy atom. The van der Waals surface area contributed by atoms with E-state index in [2.05, 4.69) is 4.99 Å². The summed E-state index contributed by atoms with van der Waals surface area (Å²) >= 11 is 0.989. The van der Waals surface area contributed by atoms with E-state index < -0.39 is 27.6 Å². The van der Waals surface area contributed by atoms with E-state index in [9.17, 15) is 22.0 Å². The van der Waals surface area contributed by atoms with Crippen LogP contribution in [0.4, 0.5) is 8.78 Å². The largest absolute Gasteiger partial charge is 0.383 e. The maximum absolute atomic E-state index is 14.4. The number of methoxy groups -OCH3 is 1. The van der Waals surface area contributed by atoms with E-state index in [-0.39, 0.29) is 33.9 Å². The van der Waals surface area contributed by atoms with Gasteiger partial charge in [0, 0.05) is 38.4 Å². The van der Waals surface area contributed by atoms with Gasteiger partial charge in [0.15, 0.2) is 10.6 Å². The average molecular weight is 496 g/mol. The molecule has 2 aromatic carbocycles. The van der Waals surface area contributed by atoms with Gasteiger partial charge in [0.2, 0.25) is 10.0 Å². The van der Waals surface area contributed by atoms with Crippen molar-refractivity contribution in [1.29, 1.82) is 0 Å². The van der Waals surface area contributed by atoms with Gasteiger partial charge < -0.3 is 9.30 Å². The van der Waals surface area contributed by atoms with Crippen LogP contribution in [-0.2, 0) is 21.3 Å². The molecular formula is C22H23F2N3O4S2. The van der Waals surface area contributed by atoms with Crippen LogP contribution in [-0.4, -0.2) is 50.0 Å². The molecule has 33 heavy (non-hydrogen) atoms. The number of hydrogen-bond donors (Lipinski definition) is 0. The van der Waals surface area contributed by atoms with E-state index in [4.69, 9.17) is 4.74 Å². The van der Waals surface area contributed by atoms with E-state index in [1.54, 1.807) is 0 Å². The van der Waals surface area contributed by atoms with Gasteiger partial charge in [-0.3, -0.25) is 4.79 Å². The number of rotatable bonds is 6. The van der Waals surface area contributed by atoms with E-state index in [0.717, 1.165) is 36.7 Å². The minimum Gasteiger partial charge on any atom is -0.383 e. The fraction of sp³-hybridized carbons (Fsp3) is 0.364. The summed E-state index contributed by atoms with van der Waals surface area (Å²) in [5.74, 6) is -2.09. The number of piperidine rings is 1. The normalized spacial score (nSPS) is 15.9. The Morgan fingerprint density at radius 3 is 2.48 bits per heavy atom. The number of benzene rings is 2. The number of hydrogen-bond acceptors (Lipinski definition) is 5. The van der Waals surface area contributed by atoms with Crippen LogP contribution < -0.4 is 4.80 Å². The lowest BCUT2D eigenvalue weighted by molar-refractivity contribution is 0.0997. The molecule has 1 aliphatic rings. The Labute approximate surface area is 194 Å². The second-order valence-electron chi connectivity index (χ2n) is 7.67. The maximum atomic E-state index is 14.4. The number of thiazole rings is 1. The third-order valence-electron chi connectivity index (χ3n) is 5.47. The van der Waals surface area contributed by atoms with Crippen molar-refractivity contribution in [3.63, 3.8) is 0 Å². The van der Waals surface area contributed by atoms with Gasteiger partial charge in [-0.05, 0) is 43.2 Å². The first kappa shape index (κ1) is 23.7. The molecule has 0 N–H and O–H groups in total. The molecule has 0 aliphatic carbocycles. The van der Waals surface area contributed by atoms with Crippen LogP contribution in [0, 0.1) is 11.6 Å². The van der Waals surface area contributed by atoms with Crippen molar-refractivity contribution in [2.45, 2.75) is 30.7 Å². The van der Waals surface area contributed by atoms with Crippen molar-refractivity contribution in [3.8, 4) is 0 Å². The summed E-state index contributed by atoms with van der Waals surface area (Å²) in [4.78, 5) is 17.2. The standard InChI is InChI=1S/C22H23F2N3O4S2/c1-31-12-11-27-20-18(24)13-16(23)14-19(20)32-22(27)25-21(28)15-5-7-17(8-6-15)33(29,30)26-9-3-2-4-10-26/h5-8,13-14H,2-4,9-12H2,1H3. The van der Waals surface area contributed by atoms with Gasteiger partial charge in [-0.2, -0.15) is 9.30 Å². The molecule has 0 spiro atoms. The number of ether oxygens (including phenoxy) is 1. The van der Waals surface area contributed by atoms with E-state index >= 15 is 0 Å². The third-order valence-corrected chi connectivity index (χ3v) is 8.40. The number of fused-ring (bicyclic) bond motifs is 1. The first-order chi connectivity index (χ1) is 15.8. The first-order valence-corrected chi connectivity index (χ1v) is 12.7. The Morgan fingerprint density at radius 2 is 1.82 bits per heavy atom. The lowest BCUT2D eigenvalue weighted by Crippen LogP contribution is -2.35. The molecule has 0 bridgehead atoms. The highest BCUT2D eigenvalue weighted by atomic mass is 32.2. The van der Waals surface area contributed by atoms with Crippen LogP contribution in [0.1, 0.15) is 29.6 Å². The highest BCUT2D eigenvalue weighted by Gasteiger charge is 2.26. The van der Waals surface area contributed by atoms with Crippen LogP contribution in [0.3, 0.4) is 0 Å². The van der Waals surface area contributed by atoms with Crippen molar-refractivity contribution in [3.05, 3.63) is 58.4 Å². The van der Waals surface area contributed by atoms with Gasteiger partial charge in [0.1, 0.15) is 5.82 Å². The molecule has 0 atom stereocenters. The molecule has 2 heterocycles. The Kier molecular flexibility index (Phi) is 7.03. The van der Waals surface area contributed by atoms with Crippen molar-refractivity contribution in [2.24, 2.45) is 4.99 Å². The zero-order chi connectivity index (χ0) is 23.6. The van der Waals surface area contributed by atoms with E-state index in [0.29, 0.717) is 17.8 Å². The fourth-order valence-electron chi connectivity index (χ4n) is 3.78. The number of halogens is 2. The Hall–Kier alpha value is -2.47. The summed E-state index contributed by atoms with van der Waals surface area (Å²) in [5.41, 5.74) is 0.336. The molecule has 1 aliphatic heterocycles. The number of nitrogens with zero attached hydrogens (tertiary/aromatic N) is 3. The minimum atomic E-state index is -3.61. The predicted octanol–water partition coefficient (Wildman–Crippen LogP) is 3.54. The average Bonchev–Trinajstić information content (AvgIpc) is 3.15. The fourth-order valence-corrected chi connectivity index (χ4v) is 6.39. The second kappa shape index (κ2) is 9.80. The monoisotopic (exact) mass is 495 g/mol. The van der Waals surface area contributed by atoms with E-state index in [1.807, 2.05) is 0 Å². The SMILES string of the molecule is COCCn1c(=NC(=O)c2ccc(S(=O)(=O)N3CCCCC3)cc2)sc2cc(F)cc(F)c21. The van der Waals surface area contributed by atoms with E-state index in [1.165, 1.54) is 46.3 Å². The Balaban J connectivity index is 1.67. The van der Waals surface area contributed by atoms with Crippen molar-refractivity contribution < 1.29 is 26.7 Å². The summed E-state index contributed by atoms with van der Waals surface area (Å²) in [6.07, 6.45) is 2.68. The smallest absolute Gasteiger partial charge is 0.279 e. The molecule has 0 radical (unpaired) electrons. The first-order valence-electron chi connectivity index (χ1n) is 10.5. The molecule has 1 fully saturated rings. The highest BCUT2D eigenvalue weighted by molar-refractivity contribution is 7.89. The van der Waals surface area contributed by atoms with Gasteiger partial charge in [-0.1, -0.05) is 17.8 Å². The van der Waals surface area contributed by atoms with Crippen molar-refractivity contribution >= 4 is 37.5 Å². The summed E-state index contributed by atoms with van der Waals surface area (Å²) in [7, 11) is -2.12. The zero-order valence-electron chi connectivity index (χ0n) is 18.0. The van der Waals surface area contributed by atoms with Crippen LogP contribution in [0.25, 0.3) is 10.2 Å². The number of carbonyl (C=O) groups excluding carboxylic acids is 1. The van der Waals surface area contributed by atoms with Crippen LogP contribution in [0.5, 0.6) is 0 Å². The maximum Gasteiger partial charge on any atom is 0.279 e. The molecule has 3 aromatic rings. The molecular weight excluding hydrogens is 472 g/mol. The summed E-state index contributed by atoms with van der Waals surface area (Å²) in [5, 5.41) is 0. The van der Waals surface area contributed by atoms with Crippen LogP contribution >= 0.6 is 11.3 Å². The second-order valence-corrected chi connectivity index (χ2v) is 10.6. The number of carbonyl (C=O) groups is 1. The van der Waals surface area contributed by atoms with Crippen LogP contribution in [0.15, 0.2) is 46.3 Å². The minimum absolute atomic E-state index is 0.121. The number of sulfonamides is 1. The molecule has 1 aromatic heterocycles. The van der Waals surface area contributed by atoms with Gasteiger partial charge >= 0.3 is 0 Å².